The monoisotopic (exact) mass is 265 g/mol. The summed E-state index contributed by atoms with van der Waals surface area (Å²) >= 11 is 11.0. The average Bonchev–Trinajstić information content (AvgIpc) is 2.58. The van der Waals surface area contributed by atoms with E-state index in [2.05, 4.69) is 5.10 Å². The standard InChI is InChI=1S/C12H12ClN3S/c1-8-11(13)7-16(15-8)6-9-4-2-3-5-10(9)12(14)17/h2-5,7H,6H2,1H3,(H2,14,17). The molecule has 0 saturated carbocycles. The molecule has 0 aliphatic rings. The first-order valence-electron chi connectivity index (χ1n) is 5.15. The van der Waals surface area contributed by atoms with Crippen molar-refractivity contribution in [2.45, 2.75) is 13.5 Å². The molecule has 5 heteroatoms. The number of nitrogens with two attached hydrogens (primary N) is 1. The number of hydrogen-bond acceptors (Lipinski definition) is 2. The zero-order valence-corrected chi connectivity index (χ0v) is 10.9. The van der Waals surface area contributed by atoms with Gasteiger partial charge in [-0.15, -0.1) is 0 Å². The van der Waals surface area contributed by atoms with Crippen molar-refractivity contribution in [2.24, 2.45) is 5.73 Å². The van der Waals surface area contributed by atoms with E-state index in [0.29, 0.717) is 16.6 Å². The molecular formula is C12H12ClN3S. The fourth-order valence-corrected chi connectivity index (χ4v) is 2.00. The number of hydrogen-bond donors (Lipinski definition) is 1. The Balaban J connectivity index is 2.33. The molecule has 1 aromatic carbocycles. The summed E-state index contributed by atoms with van der Waals surface area (Å²) in [6, 6.07) is 7.77. The minimum Gasteiger partial charge on any atom is -0.389 e. The van der Waals surface area contributed by atoms with Crippen LogP contribution in [0.4, 0.5) is 0 Å². The SMILES string of the molecule is Cc1nn(Cc2ccccc2C(N)=S)cc1Cl. The number of thiocarbonyl (C=S) groups is 1. The predicted octanol–water partition coefficient (Wildman–Crippen LogP) is 2.53. The Morgan fingerprint density at radius 3 is 2.76 bits per heavy atom. The highest BCUT2D eigenvalue weighted by molar-refractivity contribution is 7.80. The number of aryl methyl sites for hydroxylation is 1. The van der Waals surface area contributed by atoms with Gasteiger partial charge in [-0.3, -0.25) is 4.68 Å². The van der Waals surface area contributed by atoms with Crippen LogP contribution in [-0.2, 0) is 6.54 Å². The van der Waals surface area contributed by atoms with Crippen LogP contribution in [0.25, 0.3) is 0 Å². The maximum Gasteiger partial charge on any atom is 0.104 e. The van der Waals surface area contributed by atoms with Gasteiger partial charge in [0.15, 0.2) is 0 Å². The molecule has 0 spiro atoms. The maximum absolute atomic E-state index is 5.96. The van der Waals surface area contributed by atoms with Gasteiger partial charge in [0.1, 0.15) is 4.99 Å². The average molecular weight is 266 g/mol. The quantitative estimate of drug-likeness (QED) is 0.868. The van der Waals surface area contributed by atoms with Crippen molar-refractivity contribution < 1.29 is 0 Å². The molecule has 0 aliphatic carbocycles. The fraction of sp³-hybridized carbons (Fsp3) is 0.167. The highest BCUT2D eigenvalue weighted by Gasteiger charge is 2.07. The summed E-state index contributed by atoms with van der Waals surface area (Å²) < 4.78 is 1.79. The summed E-state index contributed by atoms with van der Waals surface area (Å²) in [5, 5.41) is 4.97. The van der Waals surface area contributed by atoms with Gasteiger partial charge in [0.25, 0.3) is 0 Å². The fourth-order valence-electron chi connectivity index (χ4n) is 1.65. The first-order valence-corrected chi connectivity index (χ1v) is 5.94. The first-order chi connectivity index (χ1) is 8.08. The Hall–Kier alpha value is -1.39. The number of benzene rings is 1. The third-order valence-corrected chi connectivity index (χ3v) is 3.09. The molecule has 88 valence electrons. The van der Waals surface area contributed by atoms with E-state index >= 15 is 0 Å². The van der Waals surface area contributed by atoms with Gasteiger partial charge in [-0.2, -0.15) is 5.10 Å². The second kappa shape index (κ2) is 4.85. The molecule has 2 N–H and O–H groups in total. The molecule has 0 saturated heterocycles. The summed E-state index contributed by atoms with van der Waals surface area (Å²) in [6.45, 7) is 2.49. The van der Waals surface area contributed by atoms with E-state index in [4.69, 9.17) is 29.6 Å². The predicted molar refractivity (Wildman–Crippen MR) is 73.4 cm³/mol. The molecule has 0 fully saturated rings. The lowest BCUT2D eigenvalue weighted by molar-refractivity contribution is 0.679. The van der Waals surface area contributed by atoms with Crippen LogP contribution in [0.5, 0.6) is 0 Å². The van der Waals surface area contributed by atoms with Crippen molar-refractivity contribution in [1.29, 1.82) is 0 Å². The molecule has 1 heterocycles. The summed E-state index contributed by atoms with van der Waals surface area (Å²) in [5.74, 6) is 0. The van der Waals surface area contributed by atoms with Crippen molar-refractivity contribution in [3.8, 4) is 0 Å². The van der Waals surface area contributed by atoms with Crippen LogP contribution in [0, 0.1) is 6.92 Å². The largest absolute Gasteiger partial charge is 0.389 e. The Morgan fingerprint density at radius 1 is 1.47 bits per heavy atom. The topological polar surface area (TPSA) is 43.8 Å². The number of aromatic nitrogens is 2. The van der Waals surface area contributed by atoms with Crippen LogP contribution in [0.2, 0.25) is 5.02 Å². The Kier molecular flexibility index (Phi) is 3.45. The molecule has 0 unspecified atom stereocenters. The molecule has 0 bridgehead atoms. The normalized spacial score (nSPS) is 10.5. The van der Waals surface area contributed by atoms with Crippen LogP contribution >= 0.6 is 23.8 Å². The van der Waals surface area contributed by atoms with Gasteiger partial charge in [0.05, 0.1) is 17.3 Å². The minimum absolute atomic E-state index is 0.399. The van der Waals surface area contributed by atoms with Gasteiger partial charge in [0.2, 0.25) is 0 Å². The van der Waals surface area contributed by atoms with Gasteiger partial charge >= 0.3 is 0 Å². The van der Waals surface area contributed by atoms with Gasteiger partial charge in [-0.25, -0.2) is 0 Å². The molecule has 1 aromatic heterocycles. The molecular weight excluding hydrogens is 254 g/mol. The molecule has 2 rings (SSSR count). The van der Waals surface area contributed by atoms with E-state index in [1.165, 1.54) is 0 Å². The Bertz CT molecular complexity index is 543. The van der Waals surface area contributed by atoms with Gasteiger partial charge in [-0.05, 0) is 12.5 Å². The lowest BCUT2D eigenvalue weighted by atomic mass is 10.1. The maximum atomic E-state index is 5.96. The number of rotatable bonds is 3. The van der Waals surface area contributed by atoms with E-state index in [0.717, 1.165) is 16.8 Å². The zero-order valence-electron chi connectivity index (χ0n) is 9.35. The first kappa shape index (κ1) is 12.1. The zero-order chi connectivity index (χ0) is 12.4. The van der Waals surface area contributed by atoms with Crippen LogP contribution in [0.1, 0.15) is 16.8 Å². The second-order valence-electron chi connectivity index (χ2n) is 3.78. The van der Waals surface area contributed by atoms with Crippen molar-refractivity contribution >= 4 is 28.8 Å². The highest BCUT2D eigenvalue weighted by atomic mass is 35.5. The highest BCUT2D eigenvalue weighted by Crippen LogP contribution is 2.15. The van der Waals surface area contributed by atoms with E-state index in [1.54, 1.807) is 10.9 Å². The lowest BCUT2D eigenvalue weighted by Gasteiger charge is -2.07. The van der Waals surface area contributed by atoms with Crippen molar-refractivity contribution in [3.63, 3.8) is 0 Å². The van der Waals surface area contributed by atoms with Gasteiger partial charge in [0, 0.05) is 11.8 Å². The van der Waals surface area contributed by atoms with Crippen molar-refractivity contribution in [3.05, 3.63) is 52.3 Å². The van der Waals surface area contributed by atoms with E-state index in [1.807, 2.05) is 31.2 Å². The van der Waals surface area contributed by atoms with E-state index in [-0.39, 0.29) is 0 Å². The van der Waals surface area contributed by atoms with Gasteiger partial charge in [-0.1, -0.05) is 48.1 Å². The molecule has 17 heavy (non-hydrogen) atoms. The van der Waals surface area contributed by atoms with Crippen LogP contribution < -0.4 is 5.73 Å². The molecule has 2 aromatic rings. The third-order valence-electron chi connectivity index (χ3n) is 2.50. The summed E-state index contributed by atoms with van der Waals surface area (Å²) in [5.41, 5.74) is 8.42. The van der Waals surface area contributed by atoms with E-state index < -0.39 is 0 Å². The Morgan fingerprint density at radius 2 is 2.18 bits per heavy atom. The Labute approximate surface area is 110 Å². The van der Waals surface area contributed by atoms with Gasteiger partial charge < -0.3 is 5.73 Å². The van der Waals surface area contributed by atoms with Crippen molar-refractivity contribution in [2.75, 3.05) is 0 Å². The summed E-state index contributed by atoms with van der Waals surface area (Å²) in [4.78, 5) is 0.399. The van der Waals surface area contributed by atoms with E-state index in [9.17, 15) is 0 Å². The summed E-state index contributed by atoms with van der Waals surface area (Å²) in [7, 11) is 0. The van der Waals surface area contributed by atoms with Crippen molar-refractivity contribution in [1.82, 2.24) is 9.78 Å². The van der Waals surface area contributed by atoms with Crippen LogP contribution in [-0.4, -0.2) is 14.8 Å². The van der Waals surface area contributed by atoms with Crippen LogP contribution in [0.3, 0.4) is 0 Å². The second-order valence-corrected chi connectivity index (χ2v) is 4.63. The van der Waals surface area contributed by atoms with Crippen LogP contribution in [0.15, 0.2) is 30.5 Å². The molecule has 0 aliphatic heterocycles. The molecule has 0 radical (unpaired) electrons. The lowest BCUT2D eigenvalue weighted by Crippen LogP contribution is -2.14. The summed E-state index contributed by atoms with van der Waals surface area (Å²) in [6.07, 6.45) is 1.80. The minimum atomic E-state index is 0.399. The third kappa shape index (κ3) is 2.65. The number of halogens is 1. The molecule has 0 atom stereocenters. The molecule has 0 amide bonds. The smallest absolute Gasteiger partial charge is 0.104 e. The molecule has 3 nitrogen and oxygen atoms in total. The number of nitrogens with zero attached hydrogens (tertiary/aromatic N) is 2.